The molecule has 0 aliphatic carbocycles. The van der Waals surface area contributed by atoms with Crippen LogP contribution in [-0.4, -0.2) is 11.7 Å². The Morgan fingerprint density at radius 3 is 2.71 bits per heavy atom. The summed E-state index contributed by atoms with van der Waals surface area (Å²) in [6, 6.07) is 15.0. The molecule has 0 saturated carbocycles. The van der Waals surface area contributed by atoms with Crippen molar-refractivity contribution >= 4 is 29.0 Å². The first-order valence-corrected chi connectivity index (χ1v) is 7.47. The highest BCUT2D eigenvalue weighted by Crippen LogP contribution is 2.37. The Morgan fingerprint density at radius 1 is 1.24 bits per heavy atom. The van der Waals surface area contributed by atoms with Gasteiger partial charge in [-0.05, 0) is 35.9 Å². The molecule has 21 heavy (non-hydrogen) atoms. The summed E-state index contributed by atoms with van der Waals surface area (Å²) in [6.07, 6.45) is 0. The molecule has 0 radical (unpaired) electrons. The lowest BCUT2D eigenvalue weighted by Gasteiger charge is -2.29. The van der Waals surface area contributed by atoms with Crippen molar-refractivity contribution in [3.05, 3.63) is 53.6 Å². The lowest BCUT2D eigenvalue weighted by molar-refractivity contribution is -0.116. The molecule has 1 heterocycles. The van der Waals surface area contributed by atoms with Crippen molar-refractivity contribution in [1.82, 2.24) is 0 Å². The zero-order valence-electron chi connectivity index (χ0n) is 11.2. The maximum absolute atomic E-state index is 12.2. The number of benzene rings is 2. The largest absolute Gasteiger partial charge is 0.399 e. The van der Waals surface area contributed by atoms with Crippen molar-refractivity contribution in [2.24, 2.45) is 0 Å². The Bertz CT molecular complexity index is 734. The second-order valence-corrected chi connectivity index (χ2v) is 5.82. The van der Waals surface area contributed by atoms with Gasteiger partial charge in [0.05, 0.1) is 29.6 Å². The number of nitriles is 1. The number of hydrogen-bond acceptors (Lipinski definition) is 4. The lowest BCUT2D eigenvalue weighted by Crippen LogP contribution is -2.34. The van der Waals surface area contributed by atoms with E-state index in [0.29, 0.717) is 23.5 Å². The zero-order chi connectivity index (χ0) is 14.8. The second-order valence-electron chi connectivity index (χ2n) is 4.80. The number of carbonyl (C=O) groups is 1. The number of nitrogen functional groups attached to an aromatic ring is 1. The van der Waals surface area contributed by atoms with Gasteiger partial charge in [-0.15, -0.1) is 11.8 Å². The van der Waals surface area contributed by atoms with Crippen LogP contribution < -0.4 is 10.6 Å². The number of nitrogens with zero attached hydrogens (tertiary/aromatic N) is 2. The van der Waals surface area contributed by atoms with Crippen LogP contribution in [0.3, 0.4) is 0 Å². The average molecular weight is 295 g/mol. The summed E-state index contributed by atoms with van der Waals surface area (Å²) in [5.41, 5.74) is 9.02. The number of nitrogens with two attached hydrogens (primary N) is 1. The molecule has 1 amide bonds. The van der Waals surface area contributed by atoms with Gasteiger partial charge >= 0.3 is 0 Å². The van der Waals surface area contributed by atoms with Crippen molar-refractivity contribution in [3.8, 4) is 6.07 Å². The first kappa shape index (κ1) is 13.5. The van der Waals surface area contributed by atoms with Crippen LogP contribution in [0.4, 0.5) is 11.4 Å². The third-order valence-electron chi connectivity index (χ3n) is 3.35. The van der Waals surface area contributed by atoms with Crippen LogP contribution in [0.2, 0.25) is 0 Å². The summed E-state index contributed by atoms with van der Waals surface area (Å²) >= 11 is 1.52. The molecular weight excluding hydrogens is 282 g/mol. The summed E-state index contributed by atoms with van der Waals surface area (Å²) < 4.78 is 0. The van der Waals surface area contributed by atoms with Crippen molar-refractivity contribution in [2.75, 3.05) is 16.4 Å². The molecule has 0 saturated heterocycles. The summed E-state index contributed by atoms with van der Waals surface area (Å²) in [6.45, 7) is 0.502. The van der Waals surface area contributed by atoms with Gasteiger partial charge in [0, 0.05) is 10.6 Å². The smallest absolute Gasteiger partial charge is 0.237 e. The van der Waals surface area contributed by atoms with Gasteiger partial charge < -0.3 is 10.6 Å². The predicted octanol–water partition coefficient (Wildman–Crippen LogP) is 2.78. The highest BCUT2D eigenvalue weighted by molar-refractivity contribution is 8.00. The van der Waals surface area contributed by atoms with Crippen LogP contribution in [0.15, 0.2) is 47.4 Å². The summed E-state index contributed by atoms with van der Waals surface area (Å²) in [5, 5.41) is 8.82. The number of thioether (sulfide) groups is 1. The van der Waals surface area contributed by atoms with Gasteiger partial charge in [-0.1, -0.05) is 12.1 Å². The molecule has 1 aliphatic heterocycles. The van der Waals surface area contributed by atoms with E-state index in [1.807, 2.05) is 30.3 Å². The van der Waals surface area contributed by atoms with Gasteiger partial charge in [-0.2, -0.15) is 5.26 Å². The van der Waals surface area contributed by atoms with Gasteiger partial charge in [0.25, 0.3) is 0 Å². The minimum Gasteiger partial charge on any atom is -0.399 e. The van der Waals surface area contributed by atoms with Gasteiger partial charge in [0.1, 0.15) is 0 Å². The molecule has 2 N–H and O–H groups in total. The number of anilines is 2. The van der Waals surface area contributed by atoms with Gasteiger partial charge in [-0.3, -0.25) is 4.79 Å². The maximum atomic E-state index is 12.2. The molecule has 104 valence electrons. The number of hydrogen-bond donors (Lipinski definition) is 1. The van der Waals surface area contributed by atoms with E-state index in [9.17, 15) is 4.79 Å². The van der Waals surface area contributed by atoms with Crippen LogP contribution in [0.5, 0.6) is 0 Å². The van der Waals surface area contributed by atoms with Crippen LogP contribution in [0, 0.1) is 11.3 Å². The minimum absolute atomic E-state index is 0.0848. The van der Waals surface area contributed by atoms with Crippen molar-refractivity contribution in [1.29, 1.82) is 5.26 Å². The molecule has 0 aromatic heterocycles. The summed E-state index contributed by atoms with van der Waals surface area (Å²) in [7, 11) is 0. The van der Waals surface area contributed by atoms with E-state index in [2.05, 4.69) is 6.07 Å². The molecule has 0 spiro atoms. The summed E-state index contributed by atoms with van der Waals surface area (Å²) in [4.78, 5) is 15.0. The number of rotatable bonds is 2. The molecule has 0 bridgehead atoms. The van der Waals surface area contributed by atoms with E-state index >= 15 is 0 Å². The quantitative estimate of drug-likeness (QED) is 0.865. The molecule has 1 aliphatic rings. The topological polar surface area (TPSA) is 70.1 Å². The fourth-order valence-electron chi connectivity index (χ4n) is 2.26. The van der Waals surface area contributed by atoms with Gasteiger partial charge in [0.2, 0.25) is 5.91 Å². The van der Waals surface area contributed by atoms with E-state index in [0.717, 1.165) is 16.1 Å². The van der Waals surface area contributed by atoms with Crippen LogP contribution in [0.25, 0.3) is 0 Å². The van der Waals surface area contributed by atoms with Crippen LogP contribution in [0.1, 0.15) is 11.1 Å². The SMILES string of the molecule is N#Cc1ccc(CN2C(=O)CSc3cc(N)ccc32)cc1. The molecule has 0 unspecified atom stereocenters. The molecule has 4 nitrogen and oxygen atoms in total. The Balaban J connectivity index is 1.91. The molecule has 5 heteroatoms. The van der Waals surface area contributed by atoms with Crippen molar-refractivity contribution in [3.63, 3.8) is 0 Å². The van der Waals surface area contributed by atoms with Crippen LogP contribution in [-0.2, 0) is 11.3 Å². The van der Waals surface area contributed by atoms with Crippen molar-refractivity contribution in [2.45, 2.75) is 11.4 Å². The van der Waals surface area contributed by atoms with Crippen molar-refractivity contribution < 1.29 is 4.79 Å². The molecule has 0 atom stereocenters. The number of fused-ring (bicyclic) bond motifs is 1. The number of carbonyl (C=O) groups excluding carboxylic acids is 1. The van der Waals surface area contributed by atoms with E-state index in [1.54, 1.807) is 17.0 Å². The zero-order valence-corrected chi connectivity index (χ0v) is 12.1. The van der Waals surface area contributed by atoms with E-state index < -0.39 is 0 Å². The Morgan fingerprint density at radius 2 is 2.00 bits per heavy atom. The molecule has 2 aromatic carbocycles. The fraction of sp³-hybridized carbons (Fsp3) is 0.125. The Kier molecular flexibility index (Phi) is 3.55. The average Bonchev–Trinajstić information content (AvgIpc) is 2.51. The third-order valence-corrected chi connectivity index (χ3v) is 4.38. The molecular formula is C16H13N3OS. The number of amides is 1. The first-order valence-electron chi connectivity index (χ1n) is 6.49. The first-order chi connectivity index (χ1) is 10.2. The molecule has 3 rings (SSSR count). The monoisotopic (exact) mass is 295 g/mol. The van der Waals surface area contributed by atoms with E-state index in [4.69, 9.17) is 11.0 Å². The summed E-state index contributed by atoms with van der Waals surface area (Å²) in [5.74, 6) is 0.508. The second kappa shape index (κ2) is 5.51. The fourth-order valence-corrected chi connectivity index (χ4v) is 3.24. The van der Waals surface area contributed by atoms with E-state index in [-0.39, 0.29) is 5.91 Å². The standard InChI is InChI=1S/C16H13N3OS/c17-8-11-1-3-12(4-2-11)9-19-14-6-5-13(18)7-15(14)21-10-16(19)20/h1-7H,9-10,18H2. The highest BCUT2D eigenvalue weighted by Gasteiger charge is 2.24. The third kappa shape index (κ3) is 2.71. The highest BCUT2D eigenvalue weighted by atomic mass is 32.2. The maximum Gasteiger partial charge on any atom is 0.237 e. The normalized spacial score (nSPS) is 13.7. The van der Waals surface area contributed by atoms with E-state index in [1.165, 1.54) is 11.8 Å². The predicted molar refractivity (Wildman–Crippen MR) is 83.9 cm³/mol. The lowest BCUT2D eigenvalue weighted by atomic mass is 10.1. The van der Waals surface area contributed by atoms with Crippen LogP contribution >= 0.6 is 11.8 Å². The molecule has 0 fully saturated rings. The van der Waals surface area contributed by atoms with Gasteiger partial charge in [-0.25, -0.2) is 0 Å². The minimum atomic E-state index is 0.0848. The Labute approximate surface area is 127 Å². The Hall–Kier alpha value is -2.45. The van der Waals surface area contributed by atoms with Gasteiger partial charge in [0.15, 0.2) is 0 Å². The molecule has 2 aromatic rings.